The number of urea groups is 1. The fourth-order valence-corrected chi connectivity index (χ4v) is 5.95. The number of hydrogen-bond acceptors (Lipinski definition) is 4. The highest BCUT2D eigenvalue weighted by molar-refractivity contribution is 6.82. The quantitative estimate of drug-likeness (QED) is 0.637. The molecule has 3 heterocycles. The molecule has 2 aromatic carbocycles. The van der Waals surface area contributed by atoms with Crippen LogP contribution in [0.5, 0.6) is 0 Å². The van der Waals surface area contributed by atoms with Crippen LogP contribution in [0.4, 0.5) is 16.2 Å². The van der Waals surface area contributed by atoms with Crippen LogP contribution in [0.1, 0.15) is 30.4 Å². The van der Waals surface area contributed by atoms with E-state index in [2.05, 4.69) is 46.8 Å². The van der Waals surface area contributed by atoms with Crippen LogP contribution < -0.4 is 16.1 Å². The molecule has 2 N–H and O–H groups in total. The van der Waals surface area contributed by atoms with Gasteiger partial charge in [-0.3, -0.25) is 4.79 Å². The van der Waals surface area contributed by atoms with E-state index < -0.39 is 6.04 Å². The molecule has 1 aliphatic carbocycles. The van der Waals surface area contributed by atoms with Gasteiger partial charge in [-0.1, -0.05) is 36.3 Å². The van der Waals surface area contributed by atoms with E-state index in [9.17, 15) is 9.59 Å². The number of nitrogens with zero attached hydrogens (tertiary/aromatic N) is 2. The first-order valence-electron chi connectivity index (χ1n) is 13.3. The van der Waals surface area contributed by atoms with Crippen molar-refractivity contribution in [1.29, 1.82) is 0 Å². The second kappa shape index (κ2) is 9.23. The number of carbonyl (C=O) groups is 2. The summed E-state index contributed by atoms with van der Waals surface area (Å²) in [5.74, 6) is -0.166. The Kier molecular flexibility index (Phi) is 6.04. The Balaban J connectivity index is 1.14. The average molecular weight is 486 g/mol. The van der Waals surface area contributed by atoms with Gasteiger partial charge in [-0.25, -0.2) is 4.79 Å². The van der Waals surface area contributed by atoms with E-state index in [4.69, 9.17) is 4.74 Å². The number of nitrogens with one attached hydrogen (secondary N) is 2. The van der Waals surface area contributed by atoms with E-state index >= 15 is 0 Å². The highest BCUT2D eigenvalue weighted by Gasteiger charge is 2.47. The van der Waals surface area contributed by atoms with Crippen LogP contribution in [0.15, 0.2) is 42.5 Å². The Labute approximate surface area is 213 Å². The molecule has 188 valence electrons. The molecular weight excluding hydrogens is 451 g/mol. The molecule has 7 nitrogen and oxygen atoms in total. The van der Waals surface area contributed by atoms with Crippen LogP contribution in [0.25, 0.3) is 0 Å². The number of likely N-dealkylation sites (N-methyl/N-ethyl adjacent to an activating group) is 1. The zero-order valence-electron chi connectivity index (χ0n) is 21.3. The van der Waals surface area contributed by atoms with E-state index in [1.54, 1.807) is 12.0 Å². The van der Waals surface area contributed by atoms with E-state index in [1.807, 2.05) is 18.2 Å². The Hall–Kier alpha value is -2.84. The topological polar surface area (TPSA) is 73.9 Å². The van der Waals surface area contributed by atoms with Gasteiger partial charge in [-0.05, 0) is 68.1 Å². The summed E-state index contributed by atoms with van der Waals surface area (Å²) in [5, 5.41) is 6.08. The molecule has 0 aromatic heterocycles. The van der Waals surface area contributed by atoms with Gasteiger partial charge in [0.25, 0.3) is 0 Å². The van der Waals surface area contributed by atoms with Crippen LogP contribution >= 0.6 is 0 Å². The summed E-state index contributed by atoms with van der Waals surface area (Å²) >= 11 is 0. The van der Waals surface area contributed by atoms with E-state index in [-0.39, 0.29) is 18.0 Å². The van der Waals surface area contributed by atoms with Gasteiger partial charge in [-0.2, -0.15) is 0 Å². The van der Waals surface area contributed by atoms with Crippen LogP contribution in [0, 0.1) is 0 Å². The summed E-state index contributed by atoms with van der Waals surface area (Å²) in [6.07, 6.45) is 7.37. The number of methoxy groups -OCH3 is 1. The van der Waals surface area contributed by atoms with E-state index in [0.29, 0.717) is 25.2 Å². The van der Waals surface area contributed by atoms with Gasteiger partial charge in [0.05, 0.1) is 6.10 Å². The lowest BCUT2D eigenvalue weighted by Gasteiger charge is -2.25. The molecule has 2 saturated heterocycles. The molecule has 3 aliphatic heterocycles. The number of amides is 3. The molecule has 1 spiro atoms. The summed E-state index contributed by atoms with van der Waals surface area (Å²) in [6, 6.07) is 13.5. The SMILES string of the molecule is COC1C[C@H](C(=O)Nc2ccc3c(c2)CC2(CC2)N(C)CC3)N(C(=O)Nc2ccc(B3CC3)cc2)C1. The van der Waals surface area contributed by atoms with Gasteiger partial charge < -0.3 is 25.2 Å². The minimum absolute atomic E-state index is 0.166. The van der Waals surface area contributed by atoms with Crippen molar-refractivity contribution in [2.24, 2.45) is 0 Å². The van der Waals surface area contributed by atoms with Crippen molar-refractivity contribution in [2.45, 2.75) is 62.4 Å². The largest absolute Gasteiger partial charge is 0.380 e. The highest BCUT2D eigenvalue weighted by atomic mass is 16.5. The summed E-state index contributed by atoms with van der Waals surface area (Å²) in [6.45, 7) is 2.14. The zero-order valence-corrected chi connectivity index (χ0v) is 21.3. The standard InChI is InChI=1S/C28H35BN4O3/c1-32-14-9-19-3-6-23(15-20(19)17-28(32)10-11-28)30-26(34)25-16-24(36-2)18-33(25)27(35)31-22-7-4-21(5-8-22)29-12-13-29/h3-8,15,24-25H,9-14,16-18H2,1-2H3,(H,30,34)(H,31,35)/t24?,25-/m1/s1. The van der Waals surface area contributed by atoms with Crippen molar-refractivity contribution in [1.82, 2.24) is 9.80 Å². The van der Waals surface area contributed by atoms with Gasteiger partial charge in [0, 0.05) is 43.5 Å². The monoisotopic (exact) mass is 486 g/mol. The summed E-state index contributed by atoms with van der Waals surface area (Å²) < 4.78 is 5.54. The van der Waals surface area contributed by atoms with Crippen LogP contribution in [0.2, 0.25) is 12.6 Å². The highest BCUT2D eigenvalue weighted by Crippen LogP contribution is 2.46. The minimum Gasteiger partial charge on any atom is -0.380 e. The van der Waals surface area contributed by atoms with Crippen molar-refractivity contribution < 1.29 is 14.3 Å². The second-order valence-electron chi connectivity index (χ2n) is 11.1. The second-order valence-corrected chi connectivity index (χ2v) is 11.1. The number of hydrogen-bond donors (Lipinski definition) is 2. The number of likely N-dealkylation sites (tertiary alicyclic amines) is 1. The fraction of sp³-hybridized carbons (Fsp3) is 0.500. The third-order valence-electron chi connectivity index (χ3n) is 8.72. The maximum atomic E-state index is 13.4. The third-order valence-corrected chi connectivity index (χ3v) is 8.72. The number of fused-ring (bicyclic) bond motifs is 1. The van der Waals surface area contributed by atoms with Gasteiger partial charge in [0.2, 0.25) is 5.91 Å². The zero-order chi connectivity index (χ0) is 24.9. The Morgan fingerprint density at radius 3 is 2.47 bits per heavy atom. The van der Waals surface area contributed by atoms with Crippen molar-refractivity contribution in [3.05, 3.63) is 53.6 Å². The molecule has 1 saturated carbocycles. The first-order valence-corrected chi connectivity index (χ1v) is 13.3. The van der Waals surface area contributed by atoms with Gasteiger partial charge in [0.15, 0.2) is 6.71 Å². The maximum absolute atomic E-state index is 13.4. The van der Waals surface area contributed by atoms with Gasteiger partial charge in [-0.15, -0.1) is 0 Å². The lowest BCUT2D eigenvalue weighted by Crippen LogP contribution is -2.45. The lowest BCUT2D eigenvalue weighted by molar-refractivity contribution is -0.119. The number of carbonyl (C=O) groups excluding carboxylic acids is 2. The Bertz CT molecular complexity index is 1160. The number of anilines is 2. The molecule has 6 rings (SSSR count). The van der Waals surface area contributed by atoms with E-state index in [1.165, 1.54) is 42.1 Å². The number of ether oxygens (including phenoxy) is 1. The van der Waals surface area contributed by atoms with Gasteiger partial charge >= 0.3 is 6.03 Å². The molecule has 0 radical (unpaired) electrons. The first kappa shape index (κ1) is 23.6. The molecule has 3 amide bonds. The third kappa shape index (κ3) is 4.64. The molecule has 2 aromatic rings. The minimum atomic E-state index is -0.583. The number of rotatable bonds is 5. The molecular formula is C28H35BN4O3. The molecule has 4 aliphatic rings. The van der Waals surface area contributed by atoms with Crippen LogP contribution in [-0.4, -0.2) is 73.4 Å². The normalized spacial score (nSPS) is 24.3. The van der Waals surface area contributed by atoms with Crippen LogP contribution in [0.3, 0.4) is 0 Å². The molecule has 3 fully saturated rings. The lowest BCUT2D eigenvalue weighted by atomic mass is 9.64. The molecule has 1 unspecified atom stereocenters. The summed E-state index contributed by atoms with van der Waals surface area (Å²) in [5.41, 5.74) is 5.88. The van der Waals surface area contributed by atoms with Gasteiger partial charge in [0.1, 0.15) is 6.04 Å². The Morgan fingerprint density at radius 2 is 1.78 bits per heavy atom. The molecule has 8 heteroatoms. The molecule has 0 bridgehead atoms. The predicted molar refractivity (Wildman–Crippen MR) is 143 cm³/mol. The molecule has 36 heavy (non-hydrogen) atoms. The van der Waals surface area contributed by atoms with Crippen molar-refractivity contribution in [3.63, 3.8) is 0 Å². The van der Waals surface area contributed by atoms with Crippen molar-refractivity contribution in [2.75, 3.05) is 37.9 Å². The summed E-state index contributed by atoms with van der Waals surface area (Å²) in [7, 11) is 3.86. The van der Waals surface area contributed by atoms with Crippen molar-refractivity contribution >= 4 is 35.5 Å². The predicted octanol–water partition coefficient (Wildman–Crippen LogP) is 3.22. The summed E-state index contributed by atoms with van der Waals surface area (Å²) in [4.78, 5) is 30.7. The van der Waals surface area contributed by atoms with Crippen molar-refractivity contribution in [3.8, 4) is 0 Å². The van der Waals surface area contributed by atoms with Crippen LogP contribution in [-0.2, 0) is 22.4 Å². The molecule has 2 atom stereocenters. The van der Waals surface area contributed by atoms with E-state index in [0.717, 1.165) is 30.8 Å². The number of benzene rings is 2. The maximum Gasteiger partial charge on any atom is 0.322 e. The fourth-order valence-electron chi connectivity index (χ4n) is 5.95. The average Bonchev–Trinajstić information content (AvgIpc) is 3.81. The smallest absolute Gasteiger partial charge is 0.322 e. The first-order chi connectivity index (χ1) is 17.4. The Morgan fingerprint density at radius 1 is 1.03 bits per heavy atom.